The molecule has 114 valence electrons. The van der Waals surface area contributed by atoms with Gasteiger partial charge in [-0.3, -0.25) is 24.8 Å². The van der Waals surface area contributed by atoms with E-state index in [0.717, 1.165) is 0 Å². The highest BCUT2D eigenvalue weighted by Gasteiger charge is 2.34. The molecule has 0 spiro atoms. The van der Waals surface area contributed by atoms with E-state index in [4.69, 9.17) is 23.8 Å². The van der Waals surface area contributed by atoms with Gasteiger partial charge in [0.15, 0.2) is 5.11 Å². The molecule has 0 bridgehead atoms. The minimum Gasteiger partial charge on any atom is -0.298 e. The highest BCUT2D eigenvalue weighted by atomic mass is 35.5. The van der Waals surface area contributed by atoms with Crippen molar-refractivity contribution in [3.8, 4) is 0 Å². The number of hydrogen-bond donors (Lipinski definition) is 1. The lowest BCUT2D eigenvalue weighted by Gasteiger charge is -2.28. The predicted octanol–water partition coefficient (Wildman–Crippen LogP) is 2.57. The Bertz CT molecular complexity index is 819. The number of halogens is 1. The first-order valence-electron chi connectivity index (χ1n) is 6.64. The molecule has 2 heterocycles. The molecule has 1 saturated heterocycles. The van der Waals surface area contributed by atoms with Crippen LogP contribution in [0.2, 0.25) is 5.02 Å². The van der Waals surface area contributed by atoms with Gasteiger partial charge in [0.2, 0.25) is 0 Å². The first-order valence-corrected chi connectivity index (χ1v) is 7.43. The number of amides is 2. The lowest BCUT2D eigenvalue weighted by atomic mass is 10.1. The molecule has 0 unspecified atom stereocenters. The second-order valence-electron chi connectivity index (χ2n) is 4.69. The first-order chi connectivity index (χ1) is 11.1. The molecule has 2 aromatic rings. The van der Waals surface area contributed by atoms with E-state index < -0.39 is 11.8 Å². The molecule has 1 fully saturated rings. The second kappa shape index (κ2) is 6.28. The van der Waals surface area contributed by atoms with Gasteiger partial charge < -0.3 is 0 Å². The van der Waals surface area contributed by atoms with Gasteiger partial charge in [-0.05, 0) is 54.7 Å². The topological polar surface area (TPSA) is 62.3 Å². The Hall–Kier alpha value is -2.57. The average molecular weight is 344 g/mol. The summed E-state index contributed by atoms with van der Waals surface area (Å²) >= 11 is 11.0. The molecule has 7 heteroatoms. The molecule has 0 aliphatic carbocycles. The minimum atomic E-state index is -0.545. The zero-order chi connectivity index (χ0) is 16.4. The summed E-state index contributed by atoms with van der Waals surface area (Å²) in [4.78, 5) is 30.1. The molecule has 5 nitrogen and oxygen atoms in total. The quantitative estimate of drug-likeness (QED) is 0.517. The molecule has 1 aromatic carbocycles. The number of rotatable bonds is 2. The molecule has 1 aromatic heterocycles. The molecule has 1 aliphatic heterocycles. The number of pyridine rings is 1. The van der Waals surface area contributed by atoms with Crippen LogP contribution in [0.3, 0.4) is 0 Å². The highest BCUT2D eigenvalue weighted by Crippen LogP contribution is 2.23. The summed E-state index contributed by atoms with van der Waals surface area (Å²) in [6.45, 7) is 0. The minimum absolute atomic E-state index is 0.0282. The molecule has 23 heavy (non-hydrogen) atoms. The van der Waals surface area contributed by atoms with Gasteiger partial charge >= 0.3 is 0 Å². The van der Waals surface area contributed by atoms with Crippen LogP contribution in [-0.4, -0.2) is 21.9 Å². The fourth-order valence-corrected chi connectivity index (χ4v) is 2.50. The zero-order valence-corrected chi connectivity index (χ0v) is 13.3. The van der Waals surface area contributed by atoms with Crippen LogP contribution in [0.15, 0.2) is 54.2 Å². The van der Waals surface area contributed by atoms with Crippen LogP contribution in [0, 0.1) is 0 Å². The number of hydrogen-bond acceptors (Lipinski definition) is 4. The second-order valence-corrected chi connectivity index (χ2v) is 5.51. The number of carbonyl (C=O) groups excluding carboxylic acids is 2. The molecule has 2 amide bonds. The SMILES string of the molecule is O=C1NC(=S)N(c2ccc(Cl)cc2)C(=O)/C1=C\c1ccccn1. The Labute approximate surface area is 142 Å². The normalized spacial score (nSPS) is 16.7. The Morgan fingerprint density at radius 3 is 2.52 bits per heavy atom. The van der Waals surface area contributed by atoms with Crippen molar-refractivity contribution in [2.75, 3.05) is 4.90 Å². The molecule has 3 rings (SSSR count). The fourth-order valence-electron chi connectivity index (χ4n) is 2.09. The van der Waals surface area contributed by atoms with E-state index in [1.807, 2.05) is 0 Å². The Kier molecular flexibility index (Phi) is 4.18. The van der Waals surface area contributed by atoms with E-state index in [9.17, 15) is 9.59 Å². The fraction of sp³-hybridized carbons (Fsp3) is 0. The van der Waals surface area contributed by atoms with Crippen molar-refractivity contribution < 1.29 is 9.59 Å². The number of anilines is 1. The predicted molar refractivity (Wildman–Crippen MR) is 91.9 cm³/mol. The summed E-state index contributed by atoms with van der Waals surface area (Å²) in [6, 6.07) is 11.8. The smallest absolute Gasteiger partial charge is 0.270 e. The highest BCUT2D eigenvalue weighted by molar-refractivity contribution is 7.80. The van der Waals surface area contributed by atoms with Gasteiger partial charge in [0, 0.05) is 11.2 Å². The number of nitrogens with one attached hydrogen (secondary N) is 1. The van der Waals surface area contributed by atoms with E-state index in [-0.39, 0.29) is 10.7 Å². The zero-order valence-electron chi connectivity index (χ0n) is 11.7. The lowest BCUT2D eigenvalue weighted by molar-refractivity contribution is -0.122. The van der Waals surface area contributed by atoms with Crippen LogP contribution in [0.1, 0.15) is 5.69 Å². The third-order valence-electron chi connectivity index (χ3n) is 3.17. The van der Waals surface area contributed by atoms with Crippen LogP contribution in [0.4, 0.5) is 5.69 Å². The number of carbonyl (C=O) groups is 2. The van der Waals surface area contributed by atoms with E-state index in [2.05, 4.69) is 10.3 Å². The molecule has 1 aliphatic rings. The van der Waals surface area contributed by atoms with Gasteiger partial charge in [-0.15, -0.1) is 0 Å². The maximum absolute atomic E-state index is 12.7. The van der Waals surface area contributed by atoms with Crippen LogP contribution >= 0.6 is 23.8 Å². The summed E-state index contributed by atoms with van der Waals surface area (Å²) in [5, 5.41) is 3.08. The third kappa shape index (κ3) is 3.13. The van der Waals surface area contributed by atoms with Crippen molar-refractivity contribution in [1.82, 2.24) is 10.3 Å². The molecule has 0 radical (unpaired) electrons. The van der Waals surface area contributed by atoms with E-state index in [1.165, 1.54) is 11.0 Å². The van der Waals surface area contributed by atoms with Crippen LogP contribution in [-0.2, 0) is 9.59 Å². The number of aromatic nitrogens is 1. The van der Waals surface area contributed by atoms with E-state index >= 15 is 0 Å². The summed E-state index contributed by atoms with van der Waals surface area (Å²) in [5.41, 5.74) is 0.999. The van der Waals surface area contributed by atoms with E-state index in [0.29, 0.717) is 16.4 Å². The average Bonchev–Trinajstić information content (AvgIpc) is 2.54. The van der Waals surface area contributed by atoms with Gasteiger partial charge in [0.05, 0.1) is 11.4 Å². The Morgan fingerprint density at radius 2 is 1.87 bits per heavy atom. The number of nitrogens with zero attached hydrogens (tertiary/aromatic N) is 2. The molecular weight excluding hydrogens is 334 g/mol. The summed E-state index contributed by atoms with van der Waals surface area (Å²) in [7, 11) is 0. The maximum Gasteiger partial charge on any atom is 0.270 e. The van der Waals surface area contributed by atoms with Crippen LogP contribution < -0.4 is 10.2 Å². The van der Waals surface area contributed by atoms with Crippen molar-refractivity contribution in [1.29, 1.82) is 0 Å². The number of benzene rings is 1. The molecule has 0 saturated carbocycles. The van der Waals surface area contributed by atoms with Gasteiger partial charge in [0.25, 0.3) is 11.8 Å². The Balaban J connectivity index is 2.01. The maximum atomic E-state index is 12.7. The summed E-state index contributed by atoms with van der Waals surface area (Å²) in [6.07, 6.45) is 3.02. The van der Waals surface area contributed by atoms with Crippen LogP contribution in [0.5, 0.6) is 0 Å². The standard InChI is InChI=1S/C16H10ClN3O2S/c17-10-4-6-12(7-5-10)20-15(22)13(14(21)19-16(20)23)9-11-3-1-2-8-18-11/h1-9H,(H,19,21,23)/b13-9-. The van der Waals surface area contributed by atoms with Crippen molar-refractivity contribution >= 4 is 52.5 Å². The summed E-state index contributed by atoms with van der Waals surface area (Å²) in [5.74, 6) is -1.05. The Morgan fingerprint density at radius 1 is 1.13 bits per heavy atom. The van der Waals surface area contributed by atoms with Gasteiger partial charge in [-0.1, -0.05) is 17.7 Å². The van der Waals surface area contributed by atoms with E-state index in [1.54, 1.807) is 48.7 Å². The number of thiocarbonyl (C=S) groups is 1. The van der Waals surface area contributed by atoms with Gasteiger partial charge in [-0.2, -0.15) is 0 Å². The van der Waals surface area contributed by atoms with Crippen molar-refractivity contribution in [2.45, 2.75) is 0 Å². The van der Waals surface area contributed by atoms with Crippen LogP contribution in [0.25, 0.3) is 6.08 Å². The molecule has 0 atom stereocenters. The molecular formula is C16H10ClN3O2S. The van der Waals surface area contributed by atoms with Crippen molar-refractivity contribution in [3.05, 3.63) is 65.0 Å². The van der Waals surface area contributed by atoms with Crippen molar-refractivity contribution in [2.24, 2.45) is 0 Å². The molecule has 1 N–H and O–H groups in total. The third-order valence-corrected chi connectivity index (χ3v) is 3.70. The van der Waals surface area contributed by atoms with Crippen molar-refractivity contribution in [3.63, 3.8) is 0 Å². The first kappa shape index (κ1) is 15.3. The van der Waals surface area contributed by atoms with Gasteiger partial charge in [-0.25, -0.2) is 0 Å². The largest absolute Gasteiger partial charge is 0.298 e. The summed E-state index contributed by atoms with van der Waals surface area (Å²) < 4.78 is 0. The lowest BCUT2D eigenvalue weighted by Crippen LogP contribution is -2.54. The van der Waals surface area contributed by atoms with Gasteiger partial charge in [0.1, 0.15) is 5.57 Å². The monoisotopic (exact) mass is 343 g/mol.